The van der Waals surface area contributed by atoms with Crippen molar-refractivity contribution in [3.63, 3.8) is 0 Å². The minimum atomic E-state index is -3.26. The van der Waals surface area contributed by atoms with E-state index in [-0.39, 0.29) is 16.3 Å². The zero-order valence-electron chi connectivity index (χ0n) is 10.1. The molecule has 1 aromatic rings. The van der Waals surface area contributed by atoms with Crippen LogP contribution in [0.15, 0.2) is 16.6 Å². The fraction of sp³-hybridized carbons (Fsp3) is 0.500. The van der Waals surface area contributed by atoms with Crippen molar-refractivity contribution < 1.29 is 12.8 Å². The summed E-state index contributed by atoms with van der Waals surface area (Å²) in [6.45, 7) is 0. The van der Waals surface area contributed by atoms with Crippen molar-refractivity contribution >= 4 is 37.4 Å². The maximum Gasteiger partial charge on any atom is 0.155 e. The van der Waals surface area contributed by atoms with Gasteiger partial charge in [-0.2, -0.15) is 0 Å². The number of rotatable bonds is 2. The Morgan fingerprint density at radius 2 is 2.11 bits per heavy atom. The molecule has 106 valence electrons. The molecule has 0 radical (unpaired) electrons. The summed E-state index contributed by atoms with van der Waals surface area (Å²) in [5, 5.41) is -0.797. The quantitative estimate of drug-likeness (QED) is 0.813. The second kappa shape index (κ2) is 5.68. The van der Waals surface area contributed by atoms with E-state index in [4.69, 9.17) is 17.3 Å². The summed E-state index contributed by atoms with van der Waals surface area (Å²) in [6.07, 6.45) is 1.91. The molecule has 1 aliphatic rings. The Labute approximate surface area is 125 Å². The molecule has 1 saturated heterocycles. The lowest BCUT2D eigenvalue weighted by Gasteiger charge is -2.28. The first-order chi connectivity index (χ1) is 8.84. The maximum absolute atomic E-state index is 14.1. The second-order valence-corrected chi connectivity index (χ2v) is 8.26. The molecule has 0 amide bonds. The number of nitrogens with two attached hydrogens (primary N) is 1. The Morgan fingerprint density at radius 3 is 2.74 bits per heavy atom. The van der Waals surface area contributed by atoms with Crippen LogP contribution in [0.5, 0.6) is 0 Å². The average Bonchev–Trinajstić information content (AvgIpc) is 2.35. The summed E-state index contributed by atoms with van der Waals surface area (Å²) >= 11 is 8.93. The van der Waals surface area contributed by atoms with Crippen molar-refractivity contribution in [2.75, 3.05) is 5.75 Å². The molecule has 3 nitrogen and oxygen atoms in total. The largest absolute Gasteiger partial charge is 0.323 e. The van der Waals surface area contributed by atoms with E-state index in [1.807, 2.05) is 0 Å². The maximum atomic E-state index is 14.1. The third kappa shape index (κ3) is 2.96. The van der Waals surface area contributed by atoms with Crippen LogP contribution in [0.25, 0.3) is 0 Å². The van der Waals surface area contributed by atoms with Crippen molar-refractivity contribution in [2.24, 2.45) is 5.73 Å². The summed E-state index contributed by atoms with van der Waals surface area (Å²) in [5.41, 5.74) is 6.13. The molecule has 2 atom stereocenters. The van der Waals surface area contributed by atoms with E-state index < -0.39 is 26.9 Å². The van der Waals surface area contributed by atoms with Crippen LogP contribution in [0.3, 0.4) is 0 Å². The van der Waals surface area contributed by atoms with Gasteiger partial charge in [0.15, 0.2) is 9.84 Å². The molecule has 1 aliphatic heterocycles. The molecule has 0 spiro atoms. The summed E-state index contributed by atoms with van der Waals surface area (Å²) < 4.78 is 38.5. The zero-order valence-corrected chi connectivity index (χ0v) is 13.2. The van der Waals surface area contributed by atoms with Crippen LogP contribution in [0.1, 0.15) is 30.9 Å². The molecule has 1 aromatic carbocycles. The third-order valence-electron chi connectivity index (χ3n) is 3.45. The topological polar surface area (TPSA) is 60.2 Å². The van der Waals surface area contributed by atoms with Crippen LogP contribution < -0.4 is 5.73 Å². The molecule has 1 heterocycles. The van der Waals surface area contributed by atoms with Gasteiger partial charge >= 0.3 is 0 Å². The van der Waals surface area contributed by atoms with Gasteiger partial charge in [0.05, 0.1) is 16.0 Å². The van der Waals surface area contributed by atoms with Gasteiger partial charge < -0.3 is 5.73 Å². The monoisotopic (exact) mass is 369 g/mol. The number of hydrogen-bond donors (Lipinski definition) is 1. The molecule has 2 rings (SSSR count). The number of halogens is 3. The van der Waals surface area contributed by atoms with Crippen molar-refractivity contribution in [3.8, 4) is 0 Å². The first-order valence-corrected chi connectivity index (χ1v) is 8.84. The summed E-state index contributed by atoms with van der Waals surface area (Å²) in [6, 6.07) is 2.19. The van der Waals surface area contributed by atoms with Crippen LogP contribution in [0, 0.1) is 5.82 Å². The minimum Gasteiger partial charge on any atom is -0.323 e. The van der Waals surface area contributed by atoms with Gasteiger partial charge in [0.1, 0.15) is 5.82 Å². The minimum absolute atomic E-state index is 0.0684. The first kappa shape index (κ1) is 15.2. The Balaban J connectivity index is 2.39. The smallest absolute Gasteiger partial charge is 0.155 e. The summed E-state index contributed by atoms with van der Waals surface area (Å²) in [7, 11) is -3.26. The highest BCUT2D eigenvalue weighted by atomic mass is 79.9. The van der Waals surface area contributed by atoms with Gasteiger partial charge in [-0.05, 0) is 34.8 Å². The van der Waals surface area contributed by atoms with E-state index in [0.717, 1.165) is 6.42 Å². The molecular weight excluding hydrogens is 357 g/mol. The fourth-order valence-corrected chi connectivity index (χ4v) is 4.89. The Hall–Kier alpha value is -0.170. The summed E-state index contributed by atoms with van der Waals surface area (Å²) in [4.78, 5) is 0. The van der Waals surface area contributed by atoms with E-state index in [1.54, 1.807) is 6.07 Å². The lowest BCUT2D eigenvalue weighted by molar-refractivity contribution is 0.492. The van der Waals surface area contributed by atoms with Crippen molar-refractivity contribution in [3.05, 3.63) is 33.0 Å². The molecule has 1 fully saturated rings. The number of benzene rings is 1. The normalized spacial score (nSPS) is 24.1. The SMILES string of the molecule is NC(c1ccc(Br)c(Cl)c1F)C1CCCCS1(=O)=O. The van der Waals surface area contributed by atoms with E-state index >= 15 is 0 Å². The predicted molar refractivity (Wildman–Crippen MR) is 77.5 cm³/mol. The van der Waals surface area contributed by atoms with Gasteiger partial charge in [0.2, 0.25) is 0 Å². The van der Waals surface area contributed by atoms with Crippen LogP contribution >= 0.6 is 27.5 Å². The van der Waals surface area contributed by atoms with E-state index in [1.165, 1.54) is 6.07 Å². The van der Waals surface area contributed by atoms with Gasteiger partial charge in [0, 0.05) is 16.1 Å². The molecule has 2 unspecified atom stereocenters. The number of hydrogen-bond acceptors (Lipinski definition) is 3. The lowest BCUT2D eigenvalue weighted by atomic mass is 10.00. The molecule has 19 heavy (non-hydrogen) atoms. The van der Waals surface area contributed by atoms with Gasteiger partial charge in [-0.1, -0.05) is 24.1 Å². The van der Waals surface area contributed by atoms with E-state index in [0.29, 0.717) is 17.3 Å². The lowest BCUT2D eigenvalue weighted by Crippen LogP contribution is -2.38. The standard InChI is InChI=1S/C12H14BrClFNO2S/c13-8-5-4-7(11(15)10(8)14)12(16)9-3-1-2-6-19(9,17)18/h4-5,9,12H,1-3,6,16H2. The predicted octanol–water partition coefficient (Wildman–Crippen LogP) is 3.21. The highest BCUT2D eigenvalue weighted by Gasteiger charge is 2.35. The molecule has 0 aliphatic carbocycles. The summed E-state index contributed by atoms with van der Waals surface area (Å²) in [5.74, 6) is -0.527. The molecule has 7 heteroatoms. The molecular formula is C12H14BrClFNO2S. The molecule has 0 bridgehead atoms. The highest BCUT2D eigenvalue weighted by Crippen LogP contribution is 2.34. The van der Waals surface area contributed by atoms with Crippen molar-refractivity contribution in [2.45, 2.75) is 30.6 Å². The van der Waals surface area contributed by atoms with Crippen molar-refractivity contribution in [1.29, 1.82) is 0 Å². The third-order valence-corrected chi connectivity index (χ3v) is 7.02. The van der Waals surface area contributed by atoms with Crippen LogP contribution in [0.4, 0.5) is 4.39 Å². The Morgan fingerprint density at radius 1 is 1.42 bits per heavy atom. The Kier molecular flexibility index (Phi) is 4.55. The van der Waals surface area contributed by atoms with Crippen LogP contribution in [0.2, 0.25) is 5.02 Å². The van der Waals surface area contributed by atoms with E-state index in [9.17, 15) is 12.8 Å². The molecule has 0 aromatic heterocycles. The van der Waals surface area contributed by atoms with Crippen LogP contribution in [-0.4, -0.2) is 19.4 Å². The Bertz CT molecular complexity index is 594. The number of sulfone groups is 1. The van der Waals surface area contributed by atoms with Crippen LogP contribution in [-0.2, 0) is 9.84 Å². The molecule has 0 saturated carbocycles. The van der Waals surface area contributed by atoms with E-state index in [2.05, 4.69) is 15.9 Å². The average molecular weight is 371 g/mol. The fourth-order valence-electron chi connectivity index (χ4n) is 2.38. The van der Waals surface area contributed by atoms with Gasteiger partial charge in [-0.25, -0.2) is 12.8 Å². The zero-order chi connectivity index (χ0) is 14.2. The first-order valence-electron chi connectivity index (χ1n) is 5.95. The highest BCUT2D eigenvalue weighted by molar-refractivity contribution is 9.10. The second-order valence-electron chi connectivity index (χ2n) is 4.69. The van der Waals surface area contributed by atoms with Crippen molar-refractivity contribution in [1.82, 2.24) is 0 Å². The van der Waals surface area contributed by atoms with Gasteiger partial charge in [0.25, 0.3) is 0 Å². The van der Waals surface area contributed by atoms with Gasteiger partial charge in [-0.3, -0.25) is 0 Å². The molecule has 2 N–H and O–H groups in total. The van der Waals surface area contributed by atoms with Gasteiger partial charge in [-0.15, -0.1) is 0 Å².